The van der Waals surface area contributed by atoms with E-state index < -0.39 is 0 Å². The Labute approximate surface area is 200 Å². The van der Waals surface area contributed by atoms with Gasteiger partial charge >= 0.3 is 0 Å². The number of amides is 1. The van der Waals surface area contributed by atoms with Gasteiger partial charge in [0.15, 0.2) is 5.82 Å². The largest absolute Gasteiger partial charge is 0.352 e. The molecule has 0 aliphatic rings. The first-order valence-electron chi connectivity index (χ1n) is 11.4. The summed E-state index contributed by atoms with van der Waals surface area (Å²) in [5.74, 6) is 1.30. The average Bonchev–Trinajstić information content (AvgIpc) is 2.88. The molecule has 0 aliphatic carbocycles. The van der Waals surface area contributed by atoms with Crippen molar-refractivity contribution in [3.05, 3.63) is 108 Å². The number of anilines is 2. The van der Waals surface area contributed by atoms with Crippen molar-refractivity contribution in [3.63, 3.8) is 0 Å². The summed E-state index contributed by atoms with van der Waals surface area (Å²) in [4.78, 5) is 23.7. The molecule has 0 saturated heterocycles. The molecule has 1 aromatic heterocycles. The van der Waals surface area contributed by atoms with E-state index in [9.17, 15) is 4.79 Å². The summed E-state index contributed by atoms with van der Waals surface area (Å²) in [5, 5.41) is 6.28. The molecule has 0 spiro atoms. The maximum absolute atomic E-state index is 12.5. The van der Waals surface area contributed by atoms with Gasteiger partial charge in [-0.3, -0.25) is 4.79 Å². The van der Waals surface area contributed by atoms with Crippen molar-refractivity contribution in [2.75, 3.05) is 25.5 Å². The molecule has 6 nitrogen and oxygen atoms in total. The summed E-state index contributed by atoms with van der Waals surface area (Å²) >= 11 is 0. The van der Waals surface area contributed by atoms with Crippen LogP contribution >= 0.6 is 0 Å². The molecule has 0 aliphatic heterocycles. The summed E-state index contributed by atoms with van der Waals surface area (Å²) in [5.41, 5.74) is 3.75. The number of carbonyl (C=O) groups excluding carboxylic acids is 1. The second kappa shape index (κ2) is 11.7. The van der Waals surface area contributed by atoms with Crippen LogP contribution in [-0.4, -0.2) is 40.9 Å². The molecule has 1 heterocycles. The summed E-state index contributed by atoms with van der Waals surface area (Å²) in [6.07, 6.45) is 2.63. The highest BCUT2D eigenvalue weighted by Gasteiger charge is 2.07. The van der Waals surface area contributed by atoms with Gasteiger partial charge in [-0.05, 0) is 55.9 Å². The molecule has 172 valence electrons. The van der Waals surface area contributed by atoms with Crippen molar-refractivity contribution < 1.29 is 4.79 Å². The number of aromatic nitrogens is 2. The zero-order valence-electron chi connectivity index (χ0n) is 19.3. The van der Waals surface area contributed by atoms with Crippen LogP contribution in [0.15, 0.2) is 97.2 Å². The molecule has 0 saturated carbocycles. The predicted octanol–water partition coefficient (Wildman–Crippen LogP) is 5.14. The zero-order chi connectivity index (χ0) is 23.6. The Bertz CT molecular complexity index is 1180. The molecule has 4 aromatic rings. The summed E-state index contributed by atoms with van der Waals surface area (Å²) in [7, 11) is 2.10. The van der Waals surface area contributed by atoms with Gasteiger partial charge in [0.05, 0.1) is 0 Å². The second-order valence-electron chi connectivity index (χ2n) is 8.17. The van der Waals surface area contributed by atoms with E-state index in [0.29, 0.717) is 23.8 Å². The lowest BCUT2D eigenvalue weighted by atomic mass is 10.2. The van der Waals surface area contributed by atoms with Crippen LogP contribution in [0.25, 0.3) is 11.4 Å². The summed E-state index contributed by atoms with van der Waals surface area (Å²) in [6.45, 7) is 2.46. The Morgan fingerprint density at radius 3 is 2.32 bits per heavy atom. The first kappa shape index (κ1) is 23.1. The molecule has 4 rings (SSSR count). The molecule has 1 amide bonds. The Morgan fingerprint density at radius 2 is 1.59 bits per heavy atom. The van der Waals surface area contributed by atoms with Crippen LogP contribution < -0.4 is 10.6 Å². The van der Waals surface area contributed by atoms with E-state index in [4.69, 9.17) is 0 Å². The maximum Gasteiger partial charge on any atom is 0.251 e. The van der Waals surface area contributed by atoms with Crippen molar-refractivity contribution >= 4 is 17.4 Å². The van der Waals surface area contributed by atoms with Crippen molar-refractivity contribution in [1.29, 1.82) is 0 Å². The Morgan fingerprint density at radius 1 is 0.882 bits per heavy atom. The number of carbonyl (C=O) groups is 1. The monoisotopic (exact) mass is 451 g/mol. The summed E-state index contributed by atoms with van der Waals surface area (Å²) < 4.78 is 0. The van der Waals surface area contributed by atoms with Crippen molar-refractivity contribution in [2.45, 2.75) is 13.0 Å². The van der Waals surface area contributed by atoms with Crippen LogP contribution in [0.3, 0.4) is 0 Å². The topological polar surface area (TPSA) is 70.2 Å². The first-order valence-corrected chi connectivity index (χ1v) is 11.4. The smallest absolute Gasteiger partial charge is 0.251 e. The van der Waals surface area contributed by atoms with Crippen molar-refractivity contribution in [1.82, 2.24) is 20.2 Å². The molecular weight excluding hydrogens is 422 g/mol. The number of nitrogens with zero attached hydrogens (tertiary/aromatic N) is 3. The number of hydrogen-bond donors (Lipinski definition) is 2. The molecule has 0 atom stereocenters. The number of hydrogen-bond acceptors (Lipinski definition) is 5. The Balaban J connectivity index is 1.24. The number of nitrogens with one attached hydrogen (secondary N) is 2. The molecule has 0 radical (unpaired) electrons. The fraction of sp³-hybridized carbons (Fsp3) is 0.179. The molecule has 0 unspecified atom stereocenters. The zero-order valence-corrected chi connectivity index (χ0v) is 19.3. The highest BCUT2D eigenvalue weighted by atomic mass is 16.1. The van der Waals surface area contributed by atoms with Crippen molar-refractivity contribution in [3.8, 4) is 11.4 Å². The van der Waals surface area contributed by atoms with E-state index in [1.165, 1.54) is 5.56 Å². The maximum atomic E-state index is 12.5. The average molecular weight is 452 g/mol. The molecule has 34 heavy (non-hydrogen) atoms. The van der Waals surface area contributed by atoms with Crippen LogP contribution in [-0.2, 0) is 6.54 Å². The number of rotatable bonds is 10. The van der Waals surface area contributed by atoms with E-state index in [-0.39, 0.29) is 5.91 Å². The van der Waals surface area contributed by atoms with Crippen LogP contribution in [0.5, 0.6) is 0 Å². The molecule has 2 N–H and O–H groups in total. The lowest BCUT2D eigenvalue weighted by Gasteiger charge is -2.16. The van der Waals surface area contributed by atoms with Gasteiger partial charge in [-0.1, -0.05) is 60.7 Å². The molecule has 0 fully saturated rings. The van der Waals surface area contributed by atoms with Crippen molar-refractivity contribution in [2.24, 2.45) is 0 Å². The second-order valence-corrected chi connectivity index (χ2v) is 8.17. The first-order chi connectivity index (χ1) is 16.7. The fourth-order valence-electron chi connectivity index (χ4n) is 3.63. The van der Waals surface area contributed by atoms with Crippen LogP contribution in [0.2, 0.25) is 0 Å². The molecule has 0 bridgehead atoms. The minimum absolute atomic E-state index is 0.0642. The van der Waals surface area contributed by atoms with Gasteiger partial charge in [-0.15, -0.1) is 0 Å². The van der Waals surface area contributed by atoms with E-state index in [0.717, 1.165) is 30.8 Å². The highest BCUT2D eigenvalue weighted by Crippen LogP contribution is 2.19. The standard InChI is InChI=1S/C28H29N5O/c1-33(21-22-9-4-2-5-10-22)20-8-18-30-28(34)24-13-15-25(16-14-24)31-26-17-19-29-27(32-26)23-11-6-3-7-12-23/h2-7,9-17,19H,8,18,20-21H2,1H3,(H,30,34)(H,29,31,32). The minimum atomic E-state index is -0.0642. The van der Waals surface area contributed by atoms with Gasteiger partial charge in [0.2, 0.25) is 0 Å². The van der Waals surface area contributed by atoms with Gasteiger partial charge in [-0.2, -0.15) is 0 Å². The third-order valence-electron chi connectivity index (χ3n) is 5.40. The lowest BCUT2D eigenvalue weighted by molar-refractivity contribution is 0.0952. The molecule has 3 aromatic carbocycles. The predicted molar refractivity (Wildman–Crippen MR) is 137 cm³/mol. The van der Waals surface area contributed by atoms with E-state index in [2.05, 4.69) is 56.8 Å². The number of benzene rings is 3. The van der Waals surface area contributed by atoms with Gasteiger partial charge in [0, 0.05) is 36.1 Å². The van der Waals surface area contributed by atoms with E-state index >= 15 is 0 Å². The Hall–Kier alpha value is -4.03. The van der Waals surface area contributed by atoms with Crippen LogP contribution in [0, 0.1) is 0 Å². The normalized spacial score (nSPS) is 10.8. The lowest BCUT2D eigenvalue weighted by Crippen LogP contribution is -2.28. The van der Waals surface area contributed by atoms with E-state index in [1.807, 2.05) is 66.7 Å². The Kier molecular flexibility index (Phi) is 7.98. The highest BCUT2D eigenvalue weighted by molar-refractivity contribution is 5.94. The summed E-state index contributed by atoms with van der Waals surface area (Å²) in [6, 6.07) is 29.5. The SMILES string of the molecule is CN(CCCNC(=O)c1ccc(Nc2ccnc(-c3ccccc3)n2)cc1)Cc1ccccc1. The van der Waals surface area contributed by atoms with Crippen LogP contribution in [0.4, 0.5) is 11.5 Å². The van der Waals surface area contributed by atoms with Gasteiger partial charge in [0.25, 0.3) is 5.91 Å². The van der Waals surface area contributed by atoms with E-state index in [1.54, 1.807) is 6.20 Å². The fourth-order valence-corrected chi connectivity index (χ4v) is 3.63. The quantitative estimate of drug-likeness (QED) is 0.327. The molecular formula is C28H29N5O. The minimum Gasteiger partial charge on any atom is -0.352 e. The van der Waals surface area contributed by atoms with Crippen LogP contribution in [0.1, 0.15) is 22.3 Å². The van der Waals surface area contributed by atoms with Gasteiger partial charge < -0.3 is 15.5 Å². The van der Waals surface area contributed by atoms with Gasteiger partial charge in [0.1, 0.15) is 5.82 Å². The van der Waals surface area contributed by atoms with Gasteiger partial charge in [-0.25, -0.2) is 9.97 Å². The third kappa shape index (κ3) is 6.73. The molecule has 6 heteroatoms. The third-order valence-corrected chi connectivity index (χ3v) is 5.40.